The third-order valence-corrected chi connectivity index (χ3v) is 3.78. The first kappa shape index (κ1) is 13.6. The maximum atomic E-state index is 12.6. The van der Waals surface area contributed by atoms with Gasteiger partial charge in [0.05, 0.1) is 5.52 Å². The predicted molar refractivity (Wildman–Crippen MR) is 85.0 cm³/mol. The first-order valence-electron chi connectivity index (χ1n) is 7.27. The number of fused-ring (bicyclic) bond motifs is 2. The van der Waals surface area contributed by atoms with E-state index in [9.17, 15) is 9.59 Å². The van der Waals surface area contributed by atoms with E-state index in [-0.39, 0.29) is 11.2 Å². The van der Waals surface area contributed by atoms with Crippen LogP contribution in [-0.4, -0.2) is 10.2 Å². The summed E-state index contributed by atoms with van der Waals surface area (Å²) in [5, 5.41) is 1.59. The van der Waals surface area contributed by atoms with Crippen molar-refractivity contribution in [1.82, 2.24) is 4.40 Å². The highest BCUT2D eigenvalue weighted by Crippen LogP contribution is 2.14. The molecule has 0 atom stereocenters. The van der Waals surface area contributed by atoms with Crippen LogP contribution in [0.15, 0.2) is 53.6 Å². The van der Waals surface area contributed by atoms with E-state index in [1.54, 1.807) is 16.7 Å². The molecule has 0 aliphatic carbocycles. The van der Waals surface area contributed by atoms with Crippen LogP contribution in [0.4, 0.5) is 0 Å². The average molecular weight is 279 g/mol. The third kappa shape index (κ3) is 2.47. The zero-order valence-corrected chi connectivity index (χ0v) is 12.0. The molecule has 0 saturated heterocycles. The zero-order chi connectivity index (χ0) is 14.8. The van der Waals surface area contributed by atoms with Crippen LogP contribution in [0.3, 0.4) is 0 Å². The Morgan fingerprint density at radius 3 is 2.81 bits per heavy atom. The zero-order valence-electron chi connectivity index (χ0n) is 12.0. The summed E-state index contributed by atoms with van der Waals surface area (Å²) in [5.41, 5.74) is 1.14. The fourth-order valence-electron chi connectivity index (χ4n) is 2.57. The standard InChI is InChI=1S/C18H17NO2/c1-2-3-8-17(20)14-11-16-18(21)15-7-5-4-6-13(15)9-10-19(16)12-14/h4-7,9-12H,2-3,8H2,1H3. The Bertz CT molecular complexity index is 877. The minimum absolute atomic E-state index is 0.0369. The van der Waals surface area contributed by atoms with Crippen molar-refractivity contribution in [2.45, 2.75) is 26.2 Å². The largest absolute Gasteiger partial charge is 0.320 e. The molecule has 0 fully saturated rings. The summed E-state index contributed by atoms with van der Waals surface area (Å²) in [5.74, 6) is 0.104. The molecule has 1 aromatic carbocycles. The van der Waals surface area contributed by atoms with Gasteiger partial charge in [0.15, 0.2) is 5.78 Å². The van der Waals surface area contributed by atoms with Crippen LogP contribution in [0.2, 0.25) is 0 Å². The molecule has 3 aromatic rings. The molecule has 21 heavy (non-hydrogen) atoms. The first-order chi connectivity index (χ1) is 10.2. The van der Waals surface area contributed by atoms with Gasteiger partial charge in [0.2, 0.25) is 5.43 Å². The van der Waals surface area contributed by atoms with Gasteiger partial charge in [0.25, 0.3) is 0 Å². The molecule has 0 spiro atoms. The highest BCUT2D eigenvalue weighted by atomic mass is 16.1. The first-order valence-corrected chi connectivity index (χ1v) is 7.27. The monoisotopic (exact) mass is 279 g/mol. The summed E-state index contributed by atoms with van der Waals surface area (Å²) in [4.78, 5) is 24.7. The van der Waals surface area contributed by atoms with Crippen LogP contribution >= 0.6 is 0 Å². The number of nitrogens with zero attached hydrogens (tertiary/aromatic N) is 1. The lowest BCUT2D eigenvalue weighted by molar-refractivity contribution is 0.0980. The lowest BCUT2D eigenvalue weighted by Crippen LogP contribution is -1.99. The maximum absolute atomic E-state index is 12.6. The number of benzene rings is 1. The van der Waals surface area contributed by atoms with Gasteiger partial charge < -0.3 is 4.40 Å². The number of hydrogen-bond donors (Lipinski definition) is 0. The van der Waals surface area contributed by atoms with Crippen molar-refractivity contribution in [3.05, 3.63) is 64.6 Å². The van der Waals surface area contributed by atoms with Gasteiger partial charge in [0, 0.05) is 29.8 Å². The SMILES string of the molecule is CCCCC(=O)c1cc2c(=O)c3ccccc3ccn2c1. The van der Waals surface area contributed by atoms with Crippen molar-refractivity contribution in [2.75, 3.05) is 0 Å². The van der Waals surface area contributed by atoms with Gasteiger partial charge in [-0.1, -0.05) is 37.6 Å². The van der Waals surface area contributed by atoms with Crippen LogP contribution in [0.25, 0.3) is 16.3 Å². The van der Waals surface area contributed by atoms with Crippen molar-refractivity contribution in [1.29, 1.82) is 0 Å². The van der Waals surface area contributed by atoms with Crippen molar-refractivity contribution < 1.29 is 4.79 Å². The molecule has 0 N–H and O–H groups in total. The van der Waals surface area contributed by atoms with E-state index >= 15 is 0 Å². The number of ketones is 1. The molecule has 3 rings (SSSR count). The third-order valence-electron chi connectivity index (χ3n) is 3.78. The second-order valence-electron chi connectivity index (χ2n) is 5.28. The van der Waals surface area contributed by atoms with E-state index in [0.717, 1.165) is 18.2 Å². The van der Waals surface area contributed by atoms with Gasteiger partial charge in [0.1, 0.15) is 0 Å². The molecule has 106 valence electrons. The summed E-state index contributed by atoms with van der Waals surface area (Å²) < 4.78 is 1.75. The molecule has 0 aliphatic rings. The van der Waals surface area contributed by atoms with E-state index < -0.39 is 0 Å². The smallest absolute Gasteiger partial charge is 0.210 e. The lowest BCUT2D eigenvalue weighted by atomic mass is 10.1. The van der Waals surface area contributed by atoms with Gasteiger partial charge in [-0.2, -0.15) is 0 Å². The summed E-state index contributed by atoms with van der Waals surface area (Å²) in [6, 6.07) is 11.1. The minimum atomic E-state index is -0.0369. The Morgan fingerprint density at radius 1 is 1.19 bits per heavy atom. The maximum Gasteiger partial charge on any atom is 0.210 e. The molecule has 0 radical (unpaired) electrons. The van der Waals surface area contributed by atoms with Crippen LogP contribution in [0, 0.1) is 0 Å². The summed E-state index contributed by atoms with van der Waals surface area (Å²) in [6.07, 6.45) is 6.01. The second kappa shape index (κ2) is 5.52. The van der Waals surface area contributed by atoms with Crippen molar-refractivity contribution >= 4 is 22.1 Å². The number of Topliss-reactive ketones (excluding diaryl/α,β-unsaturated/α-hetero) is 1. The molecular formula is C18H17NO2. The second-order valence-corrected chi connectivity index (χ2v) is 5.28. The molecule has 0 unspecified atom stereocenters. The van der Waals surface area contributed by atoms with Gasteiger partial charge in [-0.05, 0) is 23.9 Å². The summed E-state index contributed by atoms with van der Waals surface area (Å²) >= 11 is 0. The fraction of sp³-hybridized carbons (Fsp3) is 0.222. The number of aromatic nitrogens is 1. The van der Waals surface area contributed by atoms with Crippen LogP contribution in [0.5, 0.6) is 0 Å². The van der Waals surface area contributed by atoms with Crippen LogP contribution < -0.4 is 5.43 Å². The topological polar surface area (TPSA) is 38.5 Å². The molecular weight excluding hydrogens is 262 g/mol. The Morgan fingerprint density at radius 2 is 2.00 bits per heavy atom. The van der Waals surface area contributed by atoms with E-state index in [0.29, 0.717) is 22.9 Å². The van der Waals surface area contributed by atoms with Crippen molar-refractivity contribution in [3.8, 4) is 0 Å². The van der Waals surface area contributed by atoms with Crippen LogP contribution in [0.1, 0.15) is 36.5 Å². The van der Waals surface area contributed by atoms with E-state index in [1.165, 1.54) is 0 Å². The van der Waals surface area contributed by atoms with Crippen LogP contribution in [-0.2, 0) is 0 Å². The van der Waals surface area contributed by atoms with Gasteiger partial charge in [-0.25, -0.2) is 0 Å². The lowest BCUT2D eigenvalue weighted by Gasteiger charge is -1.94. The quantitative estimate of drug-likeness (QED) is 0.681. The molecule has 0 aliphatic heterocycles. The number of carbonyl (C=O) groups is 1. The van der Waals surface area contributed by atoms with E-state index in [2.05, 4.69) is 6.92 Å². The molecule has 3 heteroatoms. The highest BCUT2D eigenvalue weighted by molar-refractivity contribution is 5.97. The average Bonchev–Trinajstić information content (AvgIpc) is 2.89. The molecule has 0 bridgehead atoms. The van der Waals surface area contributed by atoms with E-state index in [1.807, 2.05) is 36.5 Å². The highest BCUT2D eigenvalue weighted by Gasteiger charge is 2.10. The molecule has 2 heterocycles. The minimum Gasteiger partial charge on any atom is -0.320 e. The summed E-state index contributed by atoms with van der Waals surface area (Å²) in [7, 11) is 0. The number of rotatable bonds is 4. The molecule has 0 amide bonds. The van der Waals surface area contributed by atoms with Crippen molar-refractivity contribution in [2.24, 2.45) is 0 Å². The predicted octanol–water partition coefficient (Wildman–Crippen LogP) is 3.83. The Kier molecular flexibility index (Phi) is 3.57. The molecule has 3 nitrogen and oxygen atoms in total. The normalized spacial score (nSPS) is 11.1. The number of hydrogen-bond acceptors (Lipinski definition) is 2. The molecule has 0 saturated carbocycles. The Hall–Kier alpha value is -2.42. The van der Waals surface area contributed by atoms with Gasteiger partial charge >= 0.3 is 0 Å². The number of unbranched alkanes of at least 4 members (excludes halogenated alkanes) is 1. The molecule has 2 aromatic heterocycles. The number of carbonyl (C=O) groups excluding carboxylic acids is 1. The van der Waals surface area contributed by atoms with Crippen molar-refractivity contribution in [3.63, 3.8) is 0 Å². The fourth-order valence-corrected chi connectivity index (χ4v) is 2.57. The van der Waals surface area contributed by atoms with Gasteiger partial charge in [-0.3, -0.25) is 9.59 Å². The summed E-state index contributed by atoms with van der Waals surface area (Å²) in [6.45, 7) is 2.06. The Labute approximate surface area is 122 Å². The van der Waals surface area contributed by atoms with Gasteiger partial charge in [-0.15, -0.1) is 0 Å². The van der Waals surface area contributed by atoms with E-state index in [4.69, 9.17) is 0 Å². The Balaban J connectivity index is 2.19.